The topological polar surface area (TPSA) is 62.7 Å². The molecule has 0 unspecified atom stereocenters. The maximum absolute atomic E-state index is 11.9. The van der Waals surface area contributed by atoms with Crippen molar-refractivity contribution in [2.75, 3.05) is 11.9 Å². The second-order valence-corrected chi connectivity index (χ2v) is 4.76. The number of aromatic amines is 1. The van der Waals surface area contributed by atoms with Crippen LogP contribution in [0.15, 0.2) is 47.4 Å². The second-order valence-electron chi connectivity index (χ2n) is 4.76. The van der Waals surface area contributed by atoms with Crippen LogP contribution in [0.4, 0.5) is 5.82 Å². The van der Waals surface area contributed by atoms with Gasteiger partial charge in [-0.1, -0.05) is 18.2 Å². The normalized spacial score (nSPS) is 10.8. The molecule has 3 rings (SSSR count). The van der Waals surface area contributed by atoms with Crippen molar-refractivity contribution >= 4 is 16.6 Å². The number of pyridine rings is 1. The molecule has 0 aliphatic carbocycles. The number of hydrogen-bond acceptors (Lipinski definition) is 3. The van der Waals surface area contributed by atoms with Crippen LogP contribution < -0.4 is 10.9 Å². The standard InChI is InChI=1S/C15H16N4O/c1-19-9-7-12(18-19)6-8-16-14-10-11-4-2-3-5-13(11)15(20)17-14/h2-5,7,9-10H,6,8H2,1H3,(H2,16,17,20). The molecule has 0 saturated heterocycles. The Morgan fingerprint density at radius 3 is 2.95 bits per heavy atom. The van der Waals surface area contributed by atoms with Gasteiger partial charge in [-0.05, 0) is 23.6 Å². The molecule has 0 fully saturated rings. The highest BCUT2D eigenvalue weighted by Gasteiger charge is 2.01. The zero-order chi connectivity index (χ0) is 13.9. The second kappa shape index (κ2) is 5.21. The number of aryl methyl sites for hydroxylation is 1. The van der Waals surface area contributed by atoms with Crippen LogP contribution in [0.5, 0.6) is 0 Å². The molecular weight excluding hydrogens is 252 g/mol. The SMILES string of the molecule is Cn1ccc(CCNc2cc3ccccc3c(=O)[nH]2)n1. The van der Waals surface area contributed by atoms with E-state index in [1.54, 1.807) is 4.68 Å². The summed E-state index contributed by atoms with van der Waals surface area (Å²) >= 11 is 0. The smallest absolute Gasteiger partial charge is 0.257 e. The fraction of sp³-hybridized carbons (Fsp3) is 0.200. The van der Waals surface area contributed by atoms with Crippen LogP contribution in [0, 0.1) is 0 Å². The van der Waals surface area contributed by atoms with Crippen LogP contribution in [-0.2, 0) is 13.5 Å². The van der Waals surface area contributed by atoms with Gasteiger partial charge >= 0.3 is 0 Å². The molecule has 1 aromatic carbocycles. The third-order valence-corrected chi connectivity index (χ3v) is 3.22. The molecule has 20 heavy (non-hydrogen) atoms. The summed E-state index contributed by atoms with van der Waals surface area (Å²) in [5, 5.41) is 9.20. The fourth-order valence-corrected chi connectivity index (χ4v) is 2.23. The van der Waals surface area contributed by atoms with Crippen molar-refractivity contribution in [3.8, 4) is 0 Å². The first kappa shape index (κ1) is 12.5. The molecule has 0 aliphatic heterocycles. The van der Waals surface area contributed by atoms with Crippen LogP contribution >= 0.6 is 0 Å². The van der Waals surface area contributed by atoms with E-state index < -0.39 is 0 Å². The summed E-state index contributed by atoms with van der Waals surface area (Å²) in [6, 6.07) is 11.5. The molecule has 0 saturated carbocycles. The van der Waals surface area contributed by atoms with Crippen molar-refractivity contribution < 1.29 is 0 Å². The van der Waals surface area contributed by atoms with Crippen LogP contribution in [0.1, 0.15) is 5.69 Å². The molecule has 0 bridgehead atoms. The minimum Gasteiger partial charge on any atom is -0.371 e. The van der Waals surface area contributed by atoms with Gasteiger partial charge in [0.1, 0.15) is 5.82 Å². The molecule has 0 atom stereocenters. The molecule has 0 amide bonds. The van der Waals surface area contributed by atoms with Gasteiger partial charge in [-0.25, -0.2) is 0 Å². The molecule has 2 N–H and O–H groups in total. The number of aromatic nitrogens is 3. The number of rotatable bonds is 4. The monoisotopic (exact) mass is 268 g/mol. The number of H-pyrrole nitrogens is 1. The van der Waals surface area contributed by atoms with Gasteiger partial charge in [-0.3, -0.25) is 9.48 Å². The lowest BCUT2D eigenvalue weighted by atomic mass is 10.2. The maximum Gasteiger partial charge on any atom is 0.257 e. The van der Waals surface area contributed by atoms with E-state index in [0.717, 1.165) is 29.9 Å². The number of hydrogen-bond donors (Lipinski definition) is 2. The summed E-state index contributed by atoms with van der Waals surface area (Å²) in [5.41, 5.74) is 0.964. The van der Waals surface area contributed by atoms with Crippen molar-refractivity contribution in [2.24, 2.45) is 7.05 Å². The zero-order valence-electron chi connectivity index (χ0n) is 11.3. The Morgan fingerprint density at radius 1 is 1.30 bits per heavy atom. The number of fused-ring (bicyclic) bond motifs is 1. The lowest BCUT2D eigenvalue weighted by Crippen LogP contribution is -2.13. The third-order valence-electron chi connectivity index (χ3n) is 3.22. The zero-order valence-corrected chi connectivity index (χ0v) is 11.3. The Hall–Kier alpha value is -2.56. The summed E-state index contributed by atoms with van der Waals surface area (Å²) in [5.74, 6) is 0.740. The predicted molar refractivity (Wildman–Crippen MR) is 80.0 cm³/mol. The van der Waals surface area contributed by atoms with Crippen molar-refractivity contribution in [3.05, 3.63) is 58.6 Å². The van der Waals surface area contributed by atoms with Crippen molar-refractivity contribution in [2.45, 2.75) is 6.42 Å². The molecule has 0 radical (unpaired) electrons. The average Bonchev–Trinajstić information content (AvgIpc) is 2.85. The first-order chi connectivity index (χ1) is 9.72. The van der Waals surface area contributed by atoms with E-state index in [4.69, 9.17) is 0 Å². The summed E-state index contributed by atoms with van der Waals surface area (Å²) in [4.78, 5) is 14.8. The summed E-state index contributed by atoms with van der Waals surface area (Å²) in [7, 11) is 1.90. The van der Waals surface area contributed by atoms with Crippen molar-refractivity contribution in [1.82, 2.24) is 14.8 Å². The molecule has 2 aromatic heterocycles. The Labute approximate surface area is 116 Å². The summed E-state index contributed by atoms with van der Waals surface area (Å²) in [6.07, 6.45) is 2.74. The van der Waals surface area contributed by atoms with Gasteiger partial charge in [0.2, 0.25) is 0 Å². The average molecular weight is 268 g/mol. The number of benzene rings is 1. The molecule has 102 valence electrons. The molecular formula is C15H16N4O. The van der Waals surface area contributed by atoms with E-state index >= 15 is 0 Å². The highest BCUT2D eigenvalue weighted by atomic mass is 16.1. The lowest BCUT2D eigenvalue weighted by molar-refractivity contribution is 0.742. The largest absolute Gasteiger partial charge is 0.371 e. The third kappa shape index (κ3) is 2.56. The number of nitrogens with zero attached hydrogens (tertiary/aromatic N) is 2. The fourth-order valence-electron chi connectivity index (χ4n) is 2.23. The van der Waals surface area contributed by atoms with Gasteiger partial charge in [-0.15, -0.1) is 0 Å². The van der Waals surface area contributed by atoms with Gasteiger partial charge in [0.25, 0.3) is 5.56 Å². The summed E-state index contributed by atoms with van der Waals surface area (Å²) < 4.78 is 1.78. The predicted octanol–water partition coefficient (Wildman–Crippen LogP) is 1.92. The Morgan fingerprint density at radius 2 is 2.15 bits per heavy atom. The Kier molecular flexibility index (Phi) is 3.25. The number of anilines is 1. The van der Waals surface area contributed by atoms with Crippen LogP contribution in [0.3, 0.4) is 0 Å². The maximum atomic E-state index is 11.9. The molecule has 0 aliphatic rings. The van der Waals surface area contributed by atoms with E-state index in [-0.39, 0.29) is 5.56 Å². The number of nitrogens with one attached hydrogen (secondary N) is 2. The van der Waals surface area contributed by atoms with E-state index in [0.29, 0.717) is 5.39 Å². The van der Waals surface area contributed by atoms with E-state index in [1.807, 2.05) is 49.6 Å². The molecule has 2 heterocycles. The first-order valence-corrected chi connectivity index (χ1v) is 6.57. The van der Waals surface area contributed by atoms with E-state index in [9.17, 15) is 4.79 Å². The van der Waals surface area contributed by atoms with Crippen molar-refractivity contribution in [1.29, 1.82) is 0 Å². The van der Waals surface area contributed by atoms with Gasteiger partial charge in [0, 0.05) is 31.6 Å². The van der Waals surface area contributed by atoms with Gasteiger partial charge in [-0.2, -0.15) is 5.10 Å². The minimum atomic E-state index is -0.0663. The van der Waals surface area contributed by atoms with Gasteiger partial charge in [0.05, 0.1) is 5.69 Å². The summed E-state index contributed by atoms with van der Waals surface area (Å²) in [6.45, 7) is 0.727. The Bertz CT molecular complexity index is 788. The van der Waals surface area contributed by atoms with Crippen LogP contribution in [0.2, 0.25) is 0 Å². The van der Waals surface area contributed by atoms with E-state index in [1.165, 1.54) is 0 Å². The van der Waals surface area contributed by atoms with Gasteiger partial charge < -0.3 is 10.3 Å². The quantitative estimate of drug-likeness (QED) is 0.760. The highest BCUT2D eigenvalue weighted by molar-refractivity contribution is 5.83. The molecule has 3 aromatic rings. The minimum absolute atomic E-state index is 0.0663. The molecule has 5 nitrogen and oxygen atoms in total. The van der Waals surface area contributed by atoms with Crippen molar-refractivity contribution in [3.63, 3.8) is 0 Å². The van der Waals surface area contributed by atoms with E-state index in [2.05, 4.69) is 15.4 Å². The lowest BCUT2D eigenvalue weighted by Gasteiger charge is -2.06. The highest BCUT2D eigenvalue weighted by Crippen LogP contribution is 2.12. The van der Waals surface area contributed by atoms with Crippen LogP contribution in [0.25, 0.3) is 10.8 Å². The first-order valence-electron chi connectivity index (χ1n) is 6.57. The molecule has 5 heteroatoms. The Balaban J connectivity index is 1.73. The van der Waals surface area contributed by atoms with Gasteiger partial charge in [0.15, 0.2) is 0 Å². The van der Waals surface area contributed by atoms with Crippen LogP contribution in [-0.4, -0.2) is 21.3 Å². The molecule has 0 spiro atoms.